The van der Waals surface area contributed by atoms with Gasteiger partial charge in [-0.05, 0) is 30.0 Å². The van der Waals surface area contributed by atoms with E-state index in [4.69, 9.17) is 4.74 Å². The van der Waals surface area contributed by atoms with Crippen molar-refractivity contribution in [3.05, 3.63) is 52.2 Å². The Morgan fingerprint density at radius 1 is 1.11 bits per heavy atom. The lowest BCUT2D eigenvalue weighted by molar-refractivity contribution is 0.311. The summed E-state index contributed by atoms with van der Waals surface area (Å²) in [5.41, 5.74) is 0. The molecule has 0 aliphatic carbocycles. The number of halogens is 2. The Kier molecular flexibility index (Phi) is 5.30. The second-order valence-corrected chi connectivity index (χ2v) is 5.04. The summed E-state index contributed by atoms with van der Waals surface area (Å²) >= 11 is 1.74. The zero-order valence-electron chi connectivity index (χ0n) is 10.4. The molecule has 1 N–H and O–H groups in total. The van der Waals surface area contributed by atoms with E-state index in [9.17, 15) is 8.78 Å². The number of ether oxygens (including phenoxy) is 1. The highest BCUT2D eigenvalue weighted by atomic mass is 32.1. The van der Waals surface area contributed by atoms with Crippen molar-refractivity contribution in [3.63, 3.8) is 0 Å². The van der Waals surface area contributed by atoms with Crippen LogP contribution in [0.3, 0.4) is 0 Å². The van der Waals surface area contributed by atoms with E-state index in [0.717, 1.165) is 25.1 Å². The molecule has 1 heterocycles. The van der Waals surface area contributed by atoms with E-state index >= 15 is 0 Å². The third kappa shape index (κ3) is 4.61. The molecule has 0 fully saturated rings. The summed E-state index contributed by atoms with van der Waals surface area (Å²) in [5.74, 6) is -1.40. The largest absolute Gasteiger partial charge is 0.492 e. The van der Waals surface area contributed by atoms with E-state index in [1.165, 1.54) is 10.9 Å². The molecule has 5 heteroatoms. The number of rotatable bonds is 7. The summed E-state index contributed by atoms with van der Waals surface area (Å²) in [7, 11) is 0. The first-order valence-corrected chi connectivity index (χ1v) is 6.94. The lowest BCUT2D eigenvalue weighted by Gasteiger charge is -2.07. The predicted molar refractivity (Wildman–Crippen MR) is 72.7 cm³/mol. The zero-order chi connectivity index (χ0) is 13.5. The van der Waals surface area contributed by atoms with Crippen molar-refractivity contribution in [1.29, 1.82) is 0 Å². The molecule has 0 amide bonds. The predicted octanol–water partition coefficient (Wildman–Crippen LogP) is 3.24. The van der Waals surface area contributed by atoms with Crippen molar-refractivity contribution in [1.82, 2.24) is 5.32 Å². The van der Waals surface area contributed by atoms with Crippen molar-refractivity contribution in [2.45, 2.75) is 6.42 Å². The van der Waals surface area contributed by atoms with Gasteiger partial charge in [0, 0.05) is 24.0 Å². The maximum absolute atomic E-state index is 12.9. The second kappa shape index (κ2) is 7.21. The Balaban J connectivity index is 1.60. The summed E-state index contributed by atoms with van der Waals surface area (Å²) < 4.78 is 30.9. The lowest BCUT2D eigenvalue weighted by atomic mass is 10.3. The first kappa shape index (κ1) is 14.0. The molecule has 102 valence electrons. The van der Waals surface area contributed by atoms with Crippen LogP contribution in [0.2, 0.25) is 0 Å². The van der Waals surface area contributed by atoms with Crippen molar-refractivity contribution < 1.29 is 13.5 Å². The molecule has 0 bridgehead atoms. The monoisotopic (exact) mass is 283 g/mol. The molecule has 1 aromatic carbocycles. The fraction of sp³-hybridized carbons (Fsp3) is 0.286. The second-order valence-electron chi connectivity index (χ2n) is 4.00. The molecule has 2 nitrogen and oxygen atoms in total. The van der Waals surface area contributed by atoms with Gasteiger partial charge in [-0.15, -0.1) is 11.3 Å². The number of benzene rings is 1. The van der Waals surface area contributed by atoms with Crippen LogP contribution in [0, 0.1) is 11.6 Å². The Morgan fingerprint density at radius 3 is 2.74 bits per heavy atom. The minimum Gasteiger partial charge on any atom is -0.492 e. The van der Waals surface area contributed by atoms with Gasteiger partial charge in [0.2, 0.25) is 0 Å². The minimum absolute atomic E-state index is 0.346. The van der Waals surface area contributed by atoms with Gasteiger partial charge in [-0.1, -0.05) is 6.07 Å². The average Bonchev–Trinajstić information content (AvgIpc) is 2.91. The molecule has 0 saturated heterocycles. The topological polar surface area (TPSA) is 21.3 Å². The fourth-order valence-electron chi connectivity index (χ4n) is 1.60. The van der Waals surface area contributed by atoms with E-state index in [1.807, 2.05) is 6.07 Å². The van der Waals surface area contributed by atoms with E-state index in [0.29, 0.717) is 18.9 Å². The highest BCUT2D eigenvalue weighted by molar-refractivity contribution is 7.09. The van der Waals surface area contributed by atoms with Gasteiger partial charge < -0.3 is 10.1 Å². The van der Waals surface area contributed by atoms with Gasteiger partial charge in [0.05, 0.1) is 0 Å². The number of thiophene rings is 1. The highest BCUT2D eigenvalue weighted by Crippen LogP contribution is 2.15. The summed E-state index contributed by atoms with van der Waals surface area (Å²) in [6.45, 7) is 1.97. The van der Waals surface area contributed by atoms with Crippen LogP contribution in [0.5, 0.6) is 5.75 Å². The van der Waals surface area contributed by atoms with Gasteiger partial charge in [0.25, 0.3) is 0 Å². The van der Waals surface area contributed by atoms with Gasteiger partial charge in [0.1, 0.15) is 12.4 Å². The van der Waals surface area contributed by atoms with Gasteiger partial charge in [0.15, 0.2) is 11.6 Å². The number of hydrogen-bond donors (Lipinski definition) is 1. The molecule has 0 radical (unpaired) electrons. The van der Waals surface area contributed by atoms with Crippen LogP contribution in [-0.4, -0.2) is 19.7 Å². The number of nitrogens with one attached hydrogen (secondary N) is 1. The van der Waals surface area contributed by atoms with E-state index in [1.54, 1.807) is 11.3 Å². The Labute approximate surface area is 115 Å². The zero-order valence-corrected chi connectivity index (χ0v) is 11.2. The molecule has 0 spiro atoms. The quantitative estimate of drug-likeness (QED) is 0.788. The fourth-order valence-corrected chi connectivity index (χ4v) is 2.31. The van der Waals surface area contributed by atoms with Crippen LogP contribution in [0.1, 0.15) is 4.88 Å². The molecule has 0 saturated carbocycles. The van der Waals surface area contributed by atoms with Crippen LogP contribution >= 0.6 is 11.3 Å². The van der Waals surface area contributed by atoms with Crippen LogP contribution in [0.15, 0.2) is 35.7 Å². The van der Waals surface area contributed by atoms with Crippen LogP contribution in [-0.2, 0) is 6.42 Å². The lowest BCUT2D eigenvalue weighted by Crippen LogP contribution is -2.23. The first-order valence-electron chi connectivity index (χ1n) is 6.06. The normalized spacial score (nSPS) is 10.6. The number of hydrogen-bond acceptors (Lipinski definition) is 3. The van der Waals surface area contributed by atoms with Crippen molar-refractivity contribution in [2.24, 2.45) is 0 Å². The van der Waals surface area contributed by atoms with Crippen molar-refractivity contribution >= 4 is 11.3 Å². The Hall–Kier alpha value is -1.46. The van der Waals surface area contributed by atoms with Gasteiger partial charge >= 0.3 is 0 Å². The van der Waals surface area contributed by atoms with Crippen molar-refractivity contribution in [3.8, 4) is 5.75 Å². The standard InChI is InChI=1S/C14H15F2NOS/c15-13-4-3-11(10-14(13)16)18-8-7-17-6-5-12-2-1-9-19-12/h1-4,9-10,17H,5-8H2. The molecule has 0 unspecified atom stereocenters. The molecule has 2 aromatic rings. The van der Waals surface area contributed by atoms with Crippen LogP contribution in [0.4, 0.5) is 8.78 Å². The maximum atomic E-state index is 12.9. The van der Waals surface area contributed by atoms with Gasteiger partial charge in [-0.25, -0.2) is 8.78 Å². The molecule has 0 atom stereocenters. The molecular formula is C14H15F2NOS. The summed E-state index contributed by atoms with van der Waals surface area (Å²) in [4.78, 5) is 1.34. The molecule has 1 aromatic heterocycles. The maximum Gasteiger partial charge on any atom is 0.162 e. The van der Waals surface area contributed by atoms with E-state index < -0.39 is 11.6 Å². The average molecular weight is 283 g/mol. The Morgan fingerprint density at radius 2 is 2.00 bits per heavy atom. The highest BCUT2D eigenvalue weighted by Gasteiger charge is 2.02. The third-order valence-electron chi connectivity index (χ3n) is 2.57. The van der Waals surface area contributed by atoms with E-state index in [-0.39, 0.29) is 0 Å². The van der Waals surface area contributed by atoms with Gasteiger partial charge in [-0.2, -0.15) is 0 Å². The molecule has 2 rings (SSSR count). The minimum atomic E-state index is -0.886. The third-order valence-corrected chi connectivity index (χ3v) is 3.50. The van der Waals surface area contributed by atoms with Gasteiger partial charge in [-0.3, -0.25) is 0 Å². The molecular weight excluding hydrogens is 268 g/mol. The molecule has 0 aliphatic rings. The summed E-state index contributed by atoms with van der Waals surface area (Å²) in [6.07, 6.45) is 0.989. The van der Waals surface area contributed by atoms with Crippen molar-refractivity contribution in [2.75, 3.05) is 19.7 Å². The smallest absolute Gasteiger partial charge is 0.162 e. The van der Waals surface area contributed by atoms with Crippen LogP contribution < -0.4 is 10.1 Å². The molecule has 19 heavy (non-hydrogen) atoms. The van der Waals surface area contributed by atoms with Crippen LogP contribution in [0.25, 0.3) is 0 Å². The van der Waals surface area contributed by atoms with E-state index in [2.05, 4.69) is 16.8 Å². The summed E-state index contributed by atoms with van der Waals surface area (Å²) in [5, 5.41) is 5.29. The first-order chi connectivity index (χ1) is 9.25. The summed E-state index contributed by atoms with van der Waals surface area (Å²) in [6, 6.07) is 7.68. The SMILES string of the molecule is Fc1ccc(OCCNCCc2cccs2)cc1F. The Bertz CT molecular complexity index is 502. The molecule has 0 aliphatic heterocycles.